The van der Waals surface area contributed by atoms with Crippen molar-refractivity contribution in [2.45, 2.75) is 17.0 Å². The van der Waals surface area contributed by atoms with Gasteiger partial charge in [0.05, 0.1) is 33.0 Å². The maximum Gasteiger partial charge on any atom is 0.305 e. The number of benzene rings is 3. The highest BCUT2D eigenvalue weighted by atomic mass is 32.2. The minimum Gasteiger partial charge on any atom is -0.493 e. The van der Waals surface area contributed by atoms with Crippen LogP contribution in [0.5, 0.6) is 17.2 Å². The Labute approximate surface area is 246 Å². The van der Waals surface area contributed by atoms with Gasteiger partial charge in [-0.05, 0) is 48.0 Å². The molecule has 3 aromatic rings. The van der Waals surface area contributed by atoms with E-state index < -0.39 is 34.3 Å². The Bertz CT molecular complexity index is 1470. The maximum atomic E-state index is 13.1. The van der Waals surface area contributed by atoms with Crippen LogP contribution in [-0.4, -0.2) is 65.8 Å². The Hall–Kier alpha value is -4.97. The molecule has 0 bridgehead atoms. The zero-order valence-corrected chi connectivity index (χ0v) is 23.8. The molecule has 11 nitrogen and oxygen atoms in total. The third kappa shape index (κ3) is 7.02. The van der Waals surface area contributed by atoms with Gasteiger partial charge in [0, 0.05) is 16.8 Å². The number of amides is 3. The second-order valence-electron chi connectivity index (χ2n) is 8.98. The van der Waals surface area contributed by atoms with E-state index in [-0.39, 0.29) is 17.5 Å². The summed E-state index contributed by atoms with van der Waals surface area (Å²) < 4.78 is 15.9. The number of thioether (sulfide) groups is 1. The lowest BCUT2D eigenvalue weighted by Gasteiger charge is -2.22. The van der Waals surface area contributed by atoms with Gasteiger partial charge in [-0.3, -0.25) is 24.6 Å². The lowest BCUT2D eigenvalue weighted by atomic mass is 10.1. The average molecular weight is 592 g/mol. The zero-order valence-electron chi connectivity index (χ0n) is 23.0. The van der Waals surface area contributed by atoms with Crippen molar-refractivity contribution < 1.29 is 38.5 Å². The topological polar surface area (TPSA) is 143 Å². The molecule has 42 heavy (non-hydrogen) atoms. The molecule has 1 heterocycles. The van der Waals surface area contributed by atoms with Crippen molar-refractivity contribution >= 4 is 47.2 Å². The normalized spacial score (nSPS) is 16.3. The molecule has 0 aliphatic carbocycles. The minimum atomic E-state index is -1.11. The maximum absolute atomic E-state index is 13.1. The van der Waals surface area contributed by atoms with Gasteiger partial charge in [0.1, 0.15) is 5.37 Å². The third-order valence-corrected chi connectivity index (χ3v) is 7.58. The fraction of sp³-hybridized carbons (Fsp3) is 0.200. The number of carboxylic acids is 1. The Morgan fingerprint density at radius 2 is 1.55 bits per heavy atom. The summed E-state index contributed by atoms with van der Waals surface area (Å²) >= 11 is 1.15. The minimum absolute atomic E-state index is 0.228. The molecule has 3 N–H and O–H groups in total. The molecule has 1 saturated heterocycles. The number of hydrogen-bond donors (Lipinski definition) is 3. The van der Waals surface area contributed by atoms with Crippen LogP contribution in [0.1, 0.15) is 32.7 Å². The molecular formula is C30H29N3O8S. The monoisotopic (exact) mass is 591 g/mol. The van der Waals surface area contributed by atoms with Crippen molar-refractivity contribution in [3.8, 4) is 17.2 Å². The number of rotatable bonds is 11. The van der Waals surface area contributed by atoms with Crippen LogP contribution in [0.15, 0.2) is 72.8 Å². The summed E-state index contributed by atoms with van der Waals surface area (Å²) in [6.45, 7) is 0. The van der Waals surface area contributed by atoms with E-state index in [0.29, 0.717) is 22.9 Å². The molecule has 2 unspecified atom stereocenters. The van der Waals surface area contributed by atoms with Crippen LogP contribution in [-0.2, 0) is 9.59 Å². The van der Waals surface area contributed by atoms with E-state index in [2.05, 4.69) is 10.7 Å². The predicted octanol–water partition coefficient (Wildman–Crippen LogP) is 4.07. The zero-order chi connectivity index (χ0) is 30.2. The predicted molar refractivity (Wildman–Crippen MR) is 158 cm³/mol. The first-order valence-corrected chi connectivity index (χ1v) is 13.6. The van der Waals surface area contributed by atoms with Gasteiger partial charge in [-0.1, -0.05) is 36.4 Å². The van der Waals surface area contributed by atoms with E-state index in [0.717, 1.165) is 22.3 Å². The molecule has 3 amide bonds. The summed E-state index contributed by atoms with van der Waals surface area (Å²) in [5, 5.41) is 11.7. The smallest absolute Gasteiger partial charge is 0.305 e. The molecule has 2 atom stereocenters. The van der Waals surface area contributed by atoms with Gasteiger partial charge in [-0.25, -0.2) is 5.01 Å². The lowest BCUT2D eigenvalue weighted by molar-refractivity contribution is -0.140. The van der Waals surface area contributed by atoms with Gasteiger partial charge in [0.2, 0.25) is 5.75 Å². The average Bonchev–Trinajstić information content (AvgIpc) is 3.28. The number of nitrogens with zero attached hydrogens (tertiary/aromatic N) is 1. The molecule has 218 valence electrons. The van der Waals surface area contributed by atoms with Gasteiger partial charge in [-0.2, -0.15) is 0 Å². The van der Waals surface area contributed by atoms with Crippen molar-refractivity contribution in [2.75, 3.05) is 26.6 Å². The van der Waals surface area contributed by atoms with Gasteiger partial charge >= 0.3 is 5.97 Å². The van der Waals surface area contributed by atoms with Crippen LogP contribution in [0, 0.1) is 0 Å². The number of ether oxygens (including phenoxy) is 3. The van der Waals surface area contributed by atoms with Gasteiger partial charge in [0.15, 0.2) is 11.5 Å². The largest absolute Gasteiger partial charge is 0.493 e. The van der Waals surface area contributed by atoms with Gasteiger partial charge in [-0.15, -0.1) is 11.8 Å². The Kier molecular flexibility index (Phi) is 9.71. The molecular weight excluding hydrogens is 562 g/mol. The van der Waals surface area contributed by atoms with E-state index in [9.17, 15) is 24.3 Å². The number of hydrazine groups is 1. The lowest BCUT2D eigenvalue weighted by Crippen LogP contribution is -2.48. The highest BCUT2D eigenvalue weighted by molar-refractivity contribution is 8.01. The number of hydrogen-bond acceptors (Lipinski definition) is 8. The van der Waals surface area contributed by atoms with Crippen LogP contribution in [0.4, 0.5) is 5.69 Å². The van der Waals surface area contributed by atoms with Crippen LogP contribution in [0.25, 0.3) is 6.08 Å². The Morgan fingerprint density at radius 1 is 0.905 bits per heavy atom. The van der Waals surface area contributed by atoms with Crippen LogP contribution < -0.4 is 25.0 Å². The van der Waals surface area contributed by atoms with Crippen molar-refractivity contribution in [3.05, 3.63) is 89.5 Å². The highest BCUT2D eigenvalue weighted by Crippen LogP contribution is 2.38. The molecule has 0 aromatic heterocycles. The molecule has 1 fully saturated rings. The number of carbonyl (C=O) groups excluding carboxylic acids is 3. The summed E-state index contributed by atoms with van der Waals surface area (Å²) in [5.41, 5.74) is 4.41. The fourth-order valence-corrected chi connectivity index (χ4v) is 5.42. The number of aliphatic carboxylic acids is 1. The van der Waals surface area contributed by atoms with E-state index >= 15 is 0 Å². The number of anilines is 1. The molecule has 0 radical (unpaired) electrons. The van der Waals surface area contributed by atoms with Gasteiger partial charge in [0.25, 0.3) is 17.7 Å². The summed E-state index contributed by atoms with van der Waals surface area (Å²) in [5.74, 6) is -1.62. The van der Waals surface area contributed by atoms with E-state index in [1.807, 2.05) is 30.3 Å². The SMILES string of the molecule is COc1cc(C(=O)Nc2ccc(C(=O)NN3C(=O)C(CC(=O)O)SC3/C=C/c3ccccc3)cc2)cc(OC)c1OC. The molecule has 4 rings (SSSR count). The Balaban J connectivity index is 1.46. The number of methoxy groups -OCH3 is 3. The van der Waals surface area contributed by atoms with E-state index in [1.165, 1.54) is 45.6 Å². The molecule has 12 heteroatoms. The first-order valence-electron chi connectivity index (χ1n) is 12.7. The van der Waals surface area contributed by atoms with E-state index in [1.54, 1.807) is 24.3 Å². The molecule has 1 aliphatic rings. The van der Waals surface area contributed by atoms with Gasteiger partial charge < -0.3 is 24.6 Å². The van der Waals surface area contributed by atoms with E-state index in [4.69, 9.17) is 14.2 Å². The molecule has 0 spiro atoms. The summed E-state index contributed by atoms with van der Waals surface area (Å²) in [4.78, 5) is 50.3. The third-order valence-electron chi connectivity index (χ3n) is 6.24. The summed E-state index contributed by atoms with van der Waals surface area (Å²) in [7, 11) is 4.36. The first kappa shape index (κ1) is 30.0. The second-order valence-corrected chi connectivity index (χ2v) is 10.3. The highest BCUT2D eigenvalue weighted by Gasteiger charge is 2.41. The van der Waals surface area contributed by atoms with Crippen molar-refractivity contribution in [1.82, 2.24) is 10.4 Å². The molecule has 0 saturated carbocycles. The Morgan fingerprint density at radius 3 is 2.12 bits per heavy atom. The number of nitrogens with one attached hydrogen (secondary N) is 2. The van der Waals surface area contributed by atoms with Crippen LogP contribution >= 0.6 is 11.8 Å². The fourth-order valence-electron chi connectivity index (χ4n) is 4.16. The molecule has 1 aliphatic heterocycles. The standard InChI is InChI=1S/C30H29N3O8S/c1-39-22-15-20(16-23(40-2)27(22)41-3)28(36)31-21-12-10-19(11-13-21)29(37)32-33-25(14-9-18-7-5-4-6-8-18)42-24(30(33)38)17-26(34)35/h4-16,24-25H,17H2,1-3H3,(H,31,36)(H,32,37)(H,34,35)/b14-9+. The van der Waals surface area contributed by atoms with Crippen LogP contribution in [0.3, 0.4) is 0 Å². The van der Waals surface area contributed by atoms with Crippen molar-refractivity contribution in [2.24, 2.45) is 0 Å². The summed E-state index contributed by atoms with van der Waals surface area (Å²) in [6.07, 6.45) is 3.17. The quantitative estimate of drug-likeness (QED) is 0.301. The molecule has 3 aromatic carbocycles. The summed E-state index contributed by atoms with van der Waals surface area (Å²) in [6, 6.07) is 18.5. The van der Waals surface area contributed by atoms with Crippen molar-refractivity contribution in [3.63, 3.8) is 0 Å². The number of carbonyl (C=O) groups is 4. The number of carboxylic acid groups (broad SMARTS) is 1. The second kappa shape index (κ2) is 13.6. The van der Waals surface area contributed by atoms with Crippen molar-refractivity contribution in [1.29, 1.82) is 0 Å². The van der Waals surface area contributed by atoms with Crippen LogP contribution in [0.2, 0.25) is 0 Å². The first-order chi connectivity index (χ1) is 20.2.